The van der Waals surface area contributed by atoms with Crippen LogP contribution < -0.4 is 21.5 Å². The second kappa shape index (κ2) is 11.2. The molecule has 0 radical (unpaired) electrons. The van der Waals surface area contributed by atoms with Crippen LogP contribution in [0.15, 0.2) is 29.1 Å². The number of imidazole rings is 1. The third-order valence-electron chi connectivity index (χ3n) is 5.90. The summed E-state index contributed by atoms with van der Waals surface area (Å²) in [4.78, 5) is 36.1. The first-order valence-corrected chi connectivity index (χ1v) is 11.3. The van der Waals surface area contributed by atoms with Crippen molar-refractivity contribution < 1.29 is 39.4 Å². The van der Waals surface area contributed by atoms with Crippen molar-refractivity contribution in [3.8, 4) is 6.01 Å². The highest BCUT2D eigenvalue weighted by Crippen LogP contribution is 2.21. The molecule has 1 amide bonds. The number of fused-ring (bicyclic) bond motifs is 1. The zero-order valence-corrected chi connectivity index (χ0v) is 19.8. The molecular formula is C22H28N6O9. The summed E-state index contributed by atoms with van der Waals surface area (Å²) < 4.78 is 16.7. The lowest BCUT2D eigenvalue weighted by Crippen LogP contribution is -2.64. The molecule has 1 aliphatic rings. The van der Waals surface area contributed by atoms with E-state index in [2.05, 4.69) is 20.3 Å². The molecule has 0 spiro atoms. The molecule has 5 atom stereocenters. The number of rotatable bonds is 9. The lowest BCUT2D eigenvalue weighted by Gasteiger charge is -2.40. The van der Waals surface area contributed by atoms with Crippen LogP contribution >= 0.6 is 0 Å². The Morgan fingerprint density at radius 2 is 1.92 bits per heavy atom. The predicted octanol–water partition coefficient (Wildman–Crippen LogP) is -2.69. The topological polar surface area (TPSA) is 227 Å². The fourth-order valence-electron chi connectivity index (χ4n) is 3.89. The van der Waals surface area contributed by atoms with Gasteiger partial charge in [-0.25, -0.2) is 4.79 Å². The van der Waals surface area contributed by atoms with E-state index >= 15 is 0 Å². The zero-order valence-electron chi connectivity index (χ0n) is 19.8. The molecule has 200 valence electrons. The number of carbonyl (C=O) groups is 1. The van der Waals surface area contributed by atoms with Crippen molar-refractivity contribution in [2.45, 2.75) is 37.2 Å². The summed E-state index contributed by atoms with van der Waals surface area (Å²) in [6.07, 6.45) is -5.88. The van der Waals surface area contributed by atoms with E-state index in [1.165, 1.54) is 23.8 Å². The maximum atomic E-state index is 12.7. The van der Waals surface area contributed by atoms with Gasteiger partial charge in [-0.15, -0.1) is 0 Å². The maximum Gasteiger partial charge on any atom is 0.328 e. The fraction of sp³-hybridized carbons (Fsp3) is 0.455. The average Bonchev–Trinajstić information content (AvgIpc) is 3.20. The number of nitrogens with two attached hydrogens (primary N) is 1. The second-order valence-electron chi connectivity index (χ2n) is 8.37. The van der Waals surface area contributed by atoms with Crippen LogP contribution in [0.25, 0.3) is 11.2 Å². The van der Waals surface area contributed by atoms with Crippen LogP contribution in [0.5, 0.6) is 6.01 Å². The minimum absolute atomic E-state index is 0.00619. The van der Waals surface area contributed by atoms with Gasteiger partial charge in [0.15, 0.2) is 17.8 Å². The van der Waals surface area contributed by atoms with Crippen LogP contribution in [0.1, 0.15) is 15.9 Å². The molecule has 8 N–H and O–H groups in total. The molecule has 1 aromatic carbocycles. The van der Waals surface area contributed by atoms with Gasteiger partial charge in [-0.3, -0.25) is 9.36 Å². The first-order chi connectivity index (χ1) is 17.7. The Morgan fingerprint density at radius 1 is 1.19 bits per heavy atom. The van der Waals surface area contributed by atoms with Crippen molar-refractivity contribution in [2.24, 2.45) is 0 Å². The number of methoxy groups -OCH3 is 1. The largest absolute Gasteiger partial charge is 0.461 e. The van der Waals surface area contributed by atoms with E-state index in [4.69, 9.17) is 25.1 Å². The number of hydrogen-bond acceptors (Lipinski definition) is 12. The van der Waals surface area contributed by atoms with Crippen molar-refractivity contribution in [2.75, 3.05) is 32.7 Å². The normalized spacial score (nSPS) is 23.8. The number of aromatic nitrogens is 4. The number of nitrogens with zero attached hydrogens (tertiary/aromatic N) is 3. The summed E-state index contributed by atoms with van der Waals surface area (Å²) in [5.41, 5.74) is 6.83. The molecule has 1 fully saturated rings. The van der Waals surface area contributed by atoms with E-state index in [1.807, 2.05) is 0 Å². The summed E-state index contributed by atoms with van der Waals surface area (Å²) in [5.74, 6) is -0.595. The summed E-state index contributed by atoms with van der Waals surface area (Å²) >= 11 is 0. The van der Waals surface area contributed by atoms with Crippen LogP contribution in [0.4, 0.5) is 5.82 Å². The predicted molar refractivity (Wildman–Crippen MR) is 127 cm³/mol. The number of amides is 1. The van der Waals surface area contributed by atoms with E-state index in [-0.39, 0.29) is 41.7 Å². The van der Waals surface area contributed by atoms with Gasteiger partial charge in [-0.2, -0.15) is 9.97 Å². The van der Waals surface area contributed by atoms with E-state index in [1.54, 1.807) is 12.1 Å². The molecule has 15 heteroatoms. The van der Waals surface area contributed by atoms with Gasteiger partial charge in [-0.05, 0) is 17.7 Å². The van der Waals surface area contributed by atoms with Crippen LogP contribution in [-0.2, 0) is 16.0 Å². The van der Waals surface area contributed by atoms with Crippen LogP contribution in [0.2, 0.25) is 0 Å². The van der Waals surface area contributed by atoms with Gasteiger partial charge in [0.25, 0.3) is 5.91 Å². The molecule has 0 bridgehead atoms. The summed E-state index contributed by atoms with van der Waals surface area (Å²) in [6.45, 7) is -0.00664. The summed E-state index contributed by atoms with van der Waals surface area (Å²) in [6, 6.07) is 4.88. The van der Waals surface area contributed by atoms with Crippen molar-refractivity contribution >= 4 is 22.9 Å². The monoisotopic (exact) mass is 520 g/mol. The number of aliphatic hydroxyl groups is 4. The Kier molecular flexibility index (Phi) is 8.01. The Morgan fingerprint density at radius 3 is 2.59 bits per heavy atom. The molecule has 0 aliphatic carbocycles. The first kappa shape index (κ1) is 26.5. The Hall–Kier alpha value is -3.60. The van der Waals surface area contributed by atoms with Gasteiger partial charge in [0.2, 0.25) is 0 Å². The van der Waals surface area contributed by atoms with Crippen molar-refractivity contribution in [3.05, 3.63) is 45.9 Å². The van der Waals surface area contributed by atoms with Crippen LogP contribution in [0.3, 0.4) is 0 Å². The van der Waals surface area contributed by atoms with Gasteiger partial charge in [0, 0.05) is 12.7 Å². The standard InChI is InChI=1S/C22H28N6O9/c1-35-6-7-36-21-26-17(23)14-18(27-21)28(22(34)25-14)8-10-2-4-11(5-3-10)19(32)24-13-16(31)15(30)12(9-29)37-20(13)33/h2-5,12-13,15-16,20,29-31,33H,6-9H2,1H3,(H,24,32)(H,25,34)(H2,23,26,27)/t12-,13-,15+,16-,20?/m1/s1. The average molecular weight is 520 g/mol. The number of ether oxygens (including phenoxy) is 3. The minimum atomic E-state index is -1.63. The summed E-state index contributed by atoms with van der Waals surface area (Å²) in [5, 5.41) is 41.9. The van der Waals surface area contributed by atoms with E-state index in [0.29, 0.717) is 12.2 Å². The highest BCUT2D eigenvalue weighted by Gasteiger charge is 2.44. The van der Waals surface area contributed by atoms with Crippen molar-refractivity contribution in [1.82, 2.24) is 24.8 Å². The Labute approximate surface area is 209 Å². The minimum Gasteiger partial charge on any atom is -0.461 e. The molecule has 1 saturated heterocycles. The third kappa shape index (κ3) is 5.56. The molecule has 2 aromatic heterocycles. The second-order valence-corrected chi connectivity index (χ2v) is 8.37. The van der Waals surface area contributed by atoms with Crippen molar-refractivity contribution in [3.63, 3.8) is 0 Å². The molecule has 3 aromatic rings. The number of aromatic amines is 1. The highest BCUT2D eigenvalue weighted by molar-refractivity contribution is 5.94. The number of H-pyrrole nitrogens is 1. The lowest BCUT2D eigenvalue weighted by atomic mass is 9.96. The fourth-order valence-corrected chi connectivity index (χ4v) is 3.89. The number of benzene rings is 1. The molecule has 3 heterocycles. The Bertz CT molecular complexity index is 1290. The van der Waals surface area contributed by atoms with E-state index in [0.717, 1.165) is 0 Å². The van der Waals surface area contributed by atoms with Gasteiger partial charge < -0.3 is 50.7 Å². The molecule has 1 aliphatic heterocycles. The van der Waals surface area contributed by atoms with E-state index in [9.17, 15) is 24.9 Å². The number of hydrogen-bond donors (Lipinski definition) is 7. The van der Waals surface area contributed by atoms with Gasteiger partial charge in [0.05, 0.1) is 19.8 Å². The maximum absolute atomic E-state index is 12.7. The van der Waals surface area contributed by atoms with Crippen molar-refractivity contribution in [1.29, 1.82) is 0 Å². The zero-order chi connectivity index (χ0) is 26.7. The summed E-state index contributed by atoms with van der Waals surface area (Å²) in [7, 11) is 1.52. The lowest BCUT2D eigenvalue weighted by molar-refractivity contribution is -0.252. The smallest absolute Gasteiger partial charge is 0.328 e. The van der Waals surface area contributed by atoms with Crippen LogP contribution in [-0.4, -0.2) is 103 Å². The quantitative estimate of drug-likeness (QED) is 0.143. The molecule has 37 heavy (non-hydrogen) atoms. The number of nitrogens with one attached hydrogen (secondary N) is 2. The third-order valence-corrected chi connectivity index (χ3v) is 5.90. The number of anilines is 1. The van der Waals surface area contributed by atoms with Crippen LogP contribution in [0, 0.1) is 0 Å². The van der Waals surface area contributed by atoms with Gasteiger partial charge in [0.1, 0.15) is 36.5 Å². The van der Waals surface area contributed by atoms with Gasteiger partial charge in [-0.1, -0.05) is 12.1 Å². The highest BCUT2D eigenvalue weighted by atomic mass is 16.6. The molecule has 4 rings (SSSR count). The molecule has 0 saturated carbocycles. The molecule has 15 nitrogen and oxygen atoms in total. The molecule has 1 unspecified atom stereocenters. The SMILES string of the molecule is COCCOc1nc(N)c2[nH]c(=O)n(Cc3ccc(C(=O)N[C@H]4C(O)O[C@H](CO)[C@H](O)[C@@H]4O)cc3)c2n1. The molecular weight excluding hydrogens is 492 g/mol. The van der Waals surface area contributed by atoms with E-state index < -0.39 is 48.8 Å². The Balaban J connectivity index is 1.48. The first-order valence-electron chi connectivity index (χ1n) is 11.3. The van der Waals surface area contributed by atoms with Gasteiger partial charge >= 0.3 is 11.7 Å². The number of carbonyl (C=O) groups excluding carboxylic acids is 1. The number of nitrogen functional groups attached to an aromatic ring is 1. The number of aliphatic hydroxyl groups excluding tert-OH is 4.